The Morgan fingerprint density at radius 3 is 2.48 bits per heavy atom. The topological polar surface area (TPSA) is 100 Å². The highest BCUT2D eigenvalue weighted by Crippen LogP contribution is 2.26. The molecule has 0 bridgehead atoms. The van der Waals surface area contributed by atoms with Crippen molar-refractivity contribution in [2.24, 2.45) is 0 Å². The lowest BCUT2D eigenvalue weighted by Crippen LogP contribution is -2.11. The Kier molecular flexibility index (Phi) is 4.79. The van der Waals surface area contributed by atoms with Gasteiger partial charge in [-0.05, 0) is 34.2 Å². The monoisotopic (exact) mass is 382 g/mol. The van der Waals surface area contributed by atoms with Gasteiger partial charge in [-0.1, -0.05) is 53.3 Å². The fourth-order valence-electron chi connectivity index (χ4n) is 2.55. The lowest BCUT2D eigenvalue weighted by Gasteiger charge is -2.10. The van der Waals surface area contributed by atoms with Crippen LogP contribution in [0.1, 0.15) is 11.4 Å². The minimum Gasteiger partial charge on any atom is -0.367 e. The predicted octanol–water partition coefficient (Wildman–Crippen LogP) is 2.32. The van der Waals surface area contributed by atoms with Crippen LogP contribution in [0.5, 0.6) is 0 Å². The second-order valence-corrected chi connectivity index (χ2v) is 6.59. The Labute approximate surface area is 158 Å². The van der Waals surface area contributed by atoms with Crippen molar-refractivity contribution >= 4 is 17.7 Å². The highest BCUT2D eigenvalue weighted by molar-refractivity contribution is 7.98. The number of anilines is 1. The third-order valence-corrected chi connectivity index (χ3v) is 4.86. The van der Waals surface area contributed by atoms with E-state index in [-0.39, 0.29) is 18.3 Å². The van der Waals surface area contributed by atoms with Crippen molar-refractivity contribution in [2.45, 2.75) is 17.5 Å². The third-order valence-electron chi connectivity index (χ3n) is 3.88. The average molecular weight is 382 g/mol. The molecule has 2 aromatic heterocycles. The number of hydrogen-bond donors (Lipinski definition) is 1. The van der Waals surface area contributed by atoms with E-state index in [0.717, 1.165) is 5.69 Å². The molecule has 0 saturated carbocycles. The fraction of sp³-hybridized carbons (Fsp3) is 0.118. The minimum absolute atomic E-state index is 0.193. The van der Waals surface area contributed by atoms with E-state index in [1.165, 1.54) is 22.5 Å². The smallest absolute Gasteiger partial charge is 0.240 e. The van der Waals surface area contributed by atoms with E-state index in [0.29, 0.717) is 22.3 Å². The van der Waals surface area contributed by atoms with Crippen molar-refractivity contribution in [2.75, 3.05) is 5.73 Å². The van der Waals surface area contributed by atoms with Crippen molar-refractivity contribution in [3.8, 4) is 5.69 Å². The average Bonchev–Trinajstić information content (AvgIpc) is 3.28. The molecule has 136 valence electrons. The van der Waals surface area contributed by atoms with Gasteiger partial charge in [0, 0.05) is 11.4 Å². The highest BCUT2D eigenvalue weighted by atomic mass is 32.2. The molecule has 0 fully saturated rings. The first kappa shape index (κ1) is 17.2. The van der Waals surface area contributed by atoms with E-state index in [4.69, 9.17) is 5.73 Å². The zero-order valence-corrected chi connectivity index (χ0v) is 14.9. The summed E-state index contributed by atoms with van der Waals surface area (Å²) in [7, 11) is 0. The first-order chi connectivity index (χ1) is 13.2. The summed E-state index contributed by atoms with van der Waals surface area (Å²) < 4.78 is 17.3. The first-order valence-corrected chi connectivity index (χ1v) is 9.08. The van der Waals surface area contributed by atoms with E-state index < -0.39 is 0 Å². The first-order valence-electron chi connectivity index (χ1n) is 8.10. The van der Waals surface area contributed by atoms with Crippen LogP contribution in [0.4, 0.5) is 10.3 Å². The molecule has 2 N–H and O–H groups in total. The number of rotatable bonds is 6. The molecule has 0 aliphatic carbocycles. The molecule has 27 heavy (non-hydrogen) atoms. The van der Waals surface area contributed by atoms with E-state index in [9.17, 15) is 4.39 Å². The van der Waals surface area contributed by atoms with Gasteiger partial charge < -0.3 is 5.73 Å². The van der Waals surface area contributed by atoms with Crippen LogP contribution in [-0.4, -0.2) is 35.0 Å². The summed E-state index contributed by atoms with van der Waals surface area (Å²) in [4.78, 5) is 0. The van der Waals surface area contributed by atoms with Crippen molar-refractivity contribution in [1.29, 1.82) is 0 Å². The number of thioether (sulfide) groups is 1. The molecule has 0 aliphatic rings. The van der Waals surface area contributed by atoms with E-state index in [2.05, 4.69) is 25.7 Å². The molecule has 10 heteroatoms. The van der Waals surface area contributed by atoms with Crippen LogP contribution in [0.3, 0.4) is 0 Å². The van der Waals surface area contributed by atoms with Gasteiger partial charge in [-0.3, -0.25) is 4.57 Å². The molecule has 2 heterocycles. The van der Waals surface area contributed by atoms with Gasteiger partial charge in [0.05, 0.1) is 0 Å². The lowest BCUT2D eigenvalue weighted by molar-refractivity contribution is 0.616. The zero-order valence-electron chi connectivity index (χ0n) is 14.1. The maximum absolute atomic E-state index is 13.9. The number of tetrazole rings is 1. The highest BCUT2D eigenvalue weighted by Gasteiger charge is 2.17. The van der Waals surface area contributed by atoms with Gasteiger partial charge in [0.2, 0.25) is 5.95 Å². The number of nitrogens with two attached hydrogens (primary N) is 1. The molecule has 4 rings (SSSR count). The quantitative estimate of drug-likeness (QED) is 0.511. The van der Waals surface area contributed by atoms with Gasteiger partial charge in [0.15, 0.2) is 11.0 Å². The van der Waals surface area contributed by atoms with Crippen LogP contribution in [0, 0.1) is 5.82 Å². The summed E-state index contributed by atoms with van der Waals surface area (Å²) in [6, 6.07) is 16.4. The van der Waals surface area contributed by atoms with Crippen molar-refractivity contribution in [1.82, 2.24) is 35.0 Å². The number of nitrogens with zero attached hydrogens (tertiary/aromatic N) is 7. The van der Waals surface area contributed by atoms with Gasteiger partial charge in [0.1, 0.15) is 12.4 Å². The van der Waals surface area contributed by atoms with Gasteiger partial charge in [-0.15, -0.1) is 10.2 Å². The summed E-state index contributed by atoms with van der Waals surface area (Å²) >= 11 is 1.40. The standard InChI is InChI=1S/C17H15FN8S/c18-14-9-5-4-6-12(14)11-27-17-22-20-15(10-25-16(19)21-23-24-25)26(17)13-7-2-1-3-8-13/h1-9H,10-11H2,(H2,19,21,24). The maximum atomic E-state index is 13.9. The summed E-state index contributed by atoms with van der Waals surface area (Å²) in [5, 5.41) is 20.3. The van der Waals surface area contributed by atoms with Crippen molar-refractivity contribution in [3.63, 3.8) is 0 Å². The molecule has 0 saturated heterocycles. The van der Waals surface area contributed by atoms with Crippen molar-refractivity contribution in [3.05, 3.63) is 71.8 Å². The second kappa shape index (κ2) is 7.54. The molecule has 4 aromatic rings. The van der Waals surface area contributed by atoms with Crippen LogP contribution >= 0.6 is 11.8 Å². The van der Waals surface area contributed by atoms with Crippen LogP contribution in [0.25, 0.3) is 5.69 Å². The summed E-state index contributed by atoms with van der Waals surface area (Å²) in [6.07, 6.45) is 0. The van der Waals surface area contributed by atoms with E-state index in [1.807, 2.05) is 41.0 Å². The SMILES string of the molecule is Nc1nnnn1Cc1nnc(SCc2ccccc2F)n1-c1ccccc1. The van der Waals surface area contributed by atoms with Gasteiger partial charge in [-0.25, -0.2) is 9.07 Å². The Morgan fingerprint density at radius 2 is 1.74 bits per heavy atom. The molecule has 0 spiro atoms. The summed E-state index contributed by atoms with van der Waals surface area (Å²) in [5.41, 5.74) is 7.25. The molecule has 0 amide bonds. The number of nitrogen functional groups attached to an aromatic ring is 1. The molecule has 0 aliphatic heterocycles. The lowest BCUT2D eigenvalue weighted by atomic mass is 10.2. The zero-order chi connectivity index (χ0) is 18.6. The van der Waals surface area contributed by atoms with Gasteiger partial charge in [-0.2, -0.15) is 0 Å². The number of halogens is 1. The largest absolute Gasteiger partial charge is 0.367 e. The minimum atomic E-state index is -0.238. The third kappa shape index (κ3) is 3.65. The number of benzene rings is 2. The number of aromatic nitrogens is 7. The second-order valence-electron chi connectivity index (χ2n) is 5.64. The molecular formula is C17H15FN8S. The predicted molar refractivity (Wildman–Crippen MR) is 98.7 cm³/mol. The summed E-state index contributed by atoms with van der Waals surface area (Å²) in [6.45, 7) is 0.265. The molecule has 0 atom stereocenters. The van der Waals surface area contributed by atoms with Crippen LogP contribution in [-0.2, 0) is 12.3 Å². The molecule has 2 aromatic carbocycles. The maximum Gasteiger partial charge on any atom is 0.240 e. The number of para-hydroxylation sites is 1. The molecular weight excluding hydrogens is 367 g/mol. The van der Waals surface area contributed by atoms with Crippen molar-refractivity contribution < 1.29 is 4.39 Å². The Bertz CT molecular complexity index is 1050. The van der Waals surface area contributed by atoms with Crippen LogP contribution in [0.2, 0.25) is 0 Å². The number of hydrogen-bond acceptors (Lipinski definition) is 7. The van der Waals surface area contributed by atoms with E-state index >= 15 is 0 Å². The Morgan fingerprint density at radius 1 is 0.963 bits per heavy atom. The Balaban J connectivity index is 1.67. The summed E-state index contributed by atoms with van der Waals surface area (Å²) in [5.74, 6) is 1.01. The fourth-order valence-corrected chi connectivity index (χ4v) is 3.51. The molecule has 8 nitrogen and oxygen atoms in total. The van der Waals surface area contributed by atoms with Gasteiger partial charge in [0.25, 0.3) is 0 Å². The van der Waals surface area contributed by atoms with E-state index in [1.54, 1.807) is 12.1 Å². The molecule has 0 unspecified atom stereocenters. The van der Waals surface area contributed by atoms with Crippen LogP contribution in [0.15, 0.2) is 59.8 Å². The normalized spacial score (nSPS) is 11.0. The van der Waals surface area contributed by atoms with Crippen LogP contribution < -0.4 is 5.73 Å². The van der Waals surface area contributed by atoms with Gasteiger partial charge >= 0.3 is 0 Å². The molecule has 0 radical (unpaired) electrons. The Hall–Kier alpha value is -3.27.